The van der Waals surface area contributed by atoms with Gasteiger partial charge in [0.15, 0.2) is 0 Å². The summed E-state index contributed by atoms with van der Waals surface area (Å²) in [6, 6.07) is 9.50. The van der Waals surface area contributed by atoms with Gasteiger partial charge in [-0.15, -0.1) is 0 Å². The van der Waals surface area contributed by atoms with Crippen LogP contribution in [0.5, 0.6) is 0 Å². The van der Waals surface area contributed by atoms with Gasteiger partial charge in [0.2, 0.25) is 0 Å². The van der Waals surface area contributed by atoms with Crippen molar-refractivity contribution in [1.82, 2.24) is 14.7 Å². The number of aromatic nitrogens is 2. The molecule has 2 bridgehead atoms. The Bertz CT molecular complexity index is 797. The number of hydrogen-bond acceptors (Lipinski definition) is 3. The van der Waals surface area contributed by atoms with E-state index in [-0.39, 0.29) is 0 Å². The maximum atomic E-state index is 4.75. The molecule has 3 fully saturated rings. The summed E-state index contributed by atoms with van der Waals surface area (Å²) in [4.78, 5) is 2.60. The van der Waals surface area contributed by atoms with E-state index < -0.39 is 0 Å². The molecule has 3 nitrogen and oxygen atoms in total. The van der Waals surface area contributed by atoms with Gasteiger partial charge in [-0.2, -0.15) is 16.4 Å². The third kappa shape index (κ3) is 1.94. The SMILES string of the molecule is c1cc(-c2ccc3cnn([C@@H]4CN5CCC4CC5)c3c2)cs1. The molecule has 3 aliphatic heterocycles. The van der Waals surface area contributed by atoms with E-state index in [2.05, 4.69) is 44.6 Å². The molecule has 5 heterocycles. The van der Waals surface area contributed by atoms with Crippen LogP contribution in [0, 0.1) is 5.92 Å². The predicted molar refractivity (Wildman–Crippen MR) is 91.2 cm³/mol. The van der Waals surface area contributed by atoms with Crippen molar-refractivity contribution in [2.45, 2.75) is 18.9 Å². The molecule has 22 heavy (non-hydrogen) atoms. The molecule has 1 aromatic carbocycles. The second kappa shape index (κ2) is 4.93. The minimum Gasteiger partial charge on any atom is -0.301 e. The molecule has 0 saturated carbocycles. The maximum Gasteiger partial charge on any atom is 0.0692 e. The molecular formula is C18H19N3S. The van der Waals surface area contributed by atoms with Gasteiger partial charge in [0.25, 0.3) is 0 Å². The number of piperidine rings is 3. The molecule has 0 N–H and O–H groups in total. The number of benzene rings is 1. The highest BCUT2D eigenvalue weighted by atomic mass is 32.1. The Balaban J connectivity index is 1.60. The summed E-state index contributed by atoms with van der Waals surface area (Å²) in [6.07, 6.45) is 4.69. The van der Waals surface area contributed by atoms with Gasteiger partial charge in [-0.1, -0.05) is 12.1 Å². The zero-order valence-electron chi connectivity index (χ0n) is 12.5. The van der Waals surface area contributed by atoms with Crippen molar-refractivity contribution in [1.29, 1.82) is 0 Å². The van der Waals surface area contributed by atoms with Gasteiger partial charge in [-0.05, 0) is 65.9 Å². The minimum atomic E-state index is 0.553. The average Bonchev–Trinajstić information content (AvgIpc) is 3.25. The van der Waals surface area contributed by atoms with Gasteiger partial charge in [-0.3, -0.25) is 4.68 Å². The summed E-state index contributed by atoms with van der Waals surface area (Å²) in [6.45, 7) is 3.73. The van der Waals surface area contributed by atoms with Gasteiger partial charge in [-0.25, -0.2) is 0 Å². The summed E-state index contributed by atoms with van der Waals surface area (Å²) in [7, 11) is 0. The van der Waals surface area contributed by atoms with Crippen molar-refractivity contribution < 1.29 is 0 Å². The van der Waals surface area contributed by atoms with Crippen LogP contribution in [0.25, 0.3) is 22.0 Å². The Labute approximate surface area is 134 Å². The summed E-state index contributed by atoms with van der Waals surface area (Å²) in [5, 5.41) is 10.4. The fourth-order valence-corrected chi connectivity index (χ4v) is 4.79. The van der Waals surface area contributed by atoms with Crippen LogP contribution in [-0.4, -0.2) is 34.3 Å². The predicted octanol–water partition coefficient (Wildman–Crippen LogP) is 4.03. The first-order valence-electron chi connectivity index (χ1n) is 8.11. The number of hydrogen-bond donors (Lipinski definition) is 0. The average molecular weight is 309 g/mol. The lowest BCUT2D eigenvalue weighted by Gasteiger charge is -2.44. The van der Waals surface area contributed by atoms with Crippen LogP contribution in [0.2, 0.25) is 0 Å². The van der Waals surface area contributed by atoms with Gasteiger partial charge in [0.05, 0.1) is 17.8 Å². The lowest BCUT2D eigenvalue weighted by atomic mass is 9.84. The lowest BCUT2D eigenvalue weighted by Crippen LogP contribution is -2.48. The van der Waals surface area contributed by atoms with E-state index in [0.29, 0.717) is 6.04 Å². The number of thiophene rings is 1. The number of fused-ring (bicyclic) bond motifs is 4. The fourth-order valence-electron chi connectivity index (χ4n) is 4.12. The first-order valence-corrected chi connectivity index (χ1v) is 9.05. The van der Waals surface area contributed by atoms with Crippen LogP contribution in [0.3, 0.4) is 0 Å². The third-order valence-electron chi connectivity index (χ3n) is 5.39. The Morgan fingerprint density at radius 3 is 2.73 bits per heavy atom. The quantitative estimate of drug-likeness (QED) is 0.712. The molecule has 0 spiro atoms. The Morgan fingerprint density at radius 1 is 1.09 bits per heavy atom. The van der Waals surface area contributed by atoms with Crippen molar-refractivity contribution in [3.8, 4) is 11.1 Å². The summed E-state index contributed by atoms with van der Waals surface area (Å²) < 4.78 is 2.31. The van der Waals surface area contributed by atoms with Gasteiger partial charge < -0.3 is 4.90 Å². The second-order valence-corrected chi connectivity index (χ2v) is 7.36. The van der Waals surface area contributed by atoms with Crippen LogP contribution in [0.1, 0.15) is 18.9 Å². The van der Waals surface area contributed by atoms with Gasteiger partial charge in [0.1, 0.15) is 0 Å². The molecule has 4 heteroatoms. The summed E-state index contributed by atoms with van der Waals surface area (Å²) in [5.41, 5.74) is 3.91. The van der Waals surface area contributed by atoms with Crippen LogP contribution >= 0.6 is 11.3 Å². The second-order valence-electron chi connectivity index (χ2n) is 6.58. The van der Waals surface area contributed by atoms with E-state index in [1.807, 2.05) is 6.20 Å². The first-order chi connectivity index (χ1) is 10.9. The zero-order valence-corrected chi connectivity index (χ0v) is 13.3. The zero-order chi connectivity index (χ0) is 14.5. The van der Waals surface area contributed by atoms with E-state index in [1.54, 1.807) is 11.3 Å². The van der Waals surface area contributed by atoms with Crippen LogP contribution < -0.4 is 0 Å². The van der Waals surface area contributed by atoms with E-state index in [1.165, 1.54) is 54.5 Å². The van der Waals surface area contributed by atoms with Crippen molar-refractivity contribution >= 4 is 22.2 Å². The van der Waals surface area contributed by atoms with Crippen molar-refractivity contribution in [3.63, 3.8) is 0 Å². The number of rotatable bonds is 2. The van der Waals surface area contributed by atoms with Crippen molar-refractivity contribution in [3.05, 3.63) is 41.2 Å². The molecule has 3 saturated heterocycles. The summed E-state index contributed by atoms with van der Waals surface area (Å²) >= 11 is 1.75. The third-order valence-corrected chi connectivity index (χ3v) is 6.07. The van der Waals surface area contributed by atoms with Gasteiger partial charge >= 0.3 is 0 Å². The van der Waals surface area contributed by atoms with Crippen molar-refractivity contribution in [2.75, 3.05) is 19.6 Å². The van der Waals surface area contributed by atoms with Crippen LogP contribution in [0.4, 0.5) is 0 Å². The Morgan fingerprint density at radius 2 is 2.00 bits per heavy atom. The molecule has 112 valence electrons. The van der Waals surface area contributed by atoms with E-state index in [0.717, 1.165) is 5.92 Å². The largest absolute Gasteiger partial charge is 0.301 e. The maximum absolute atomic E-state index is 4.75. The Hall–Kier alpha value is -1.65. The van der Waals surface area contributed by atoms with Gasteiger partial charge in [0, 0.05) is 11.9 Å². The highest BCUT2D eigenvalue weighted by molar-refractivity contribution is 7.08. The lowest BCUT2D eigenvalue weighted by molar-refractivity contribution is 0.0534. The summed E-state index contributed by atoms with van der Waals surface area (Å²) in [5.74, 6) is 0.804. The molecule has 2 aromatic heterocycles. The number of nitrogens with zero attached hydrogens (tertiary/aromatic N) is 3. The molecule has 0 radical (unpaired) electrons. The molecule has 0 unspecified atom stereocenters. The van der Waals surface area contributed by atoms with E-state index in [4.69, 9.17) is 5.10 Å². The topological polar surface area (TPSA) is 21.1 Å². The molecule has 6 rings (SSSR count). The van der Waals surface area contributed by atoms with Crippen molar-refractivity contribution in [2.24, 2.45) is 5.92 Å². The van der Waals surface area contributed by atoms with Crippen LogP contribution in [-0.2, 0) is 0 Å². The van der Waals surface area contributed by atoms with E-state index >= 15 is 0 Å². The molecule has 3 aliphatic rings. The molecule has 0 aliphatic carbocycles. The molecule has 0 amide bonds. The Kier molecular flexibility index (Phi) is 2.88. The highest BCUT2D eigenvalue weighted by Crippen LogP contribution is 2.37. The van der Waals surface area contributed by atoms with E-state index in [9.17, 15) is 0 Å². The molecule has 3 aromatic rings. The highest BCUT2D eigenvalue weighted by Gasteiger charge is 2.36. The first kappa shape index (κ1) is 12.9. The smallest absolute Gasteiger partial charge is 0.0692 e. The monoisotopic (exact) mass is 309 g/mol. The standard InChI is InChI=1S/C18H19N3S/c1-2-15-10-19-21(18-11-20-6-3-13(18)4-7-20)17(15)9-14(1)16-5-8-22-12-16/h1-2,5,8-10,12-13,18H,3-4,6-7,11H2/t18-/m1/s1. The molecular weight excluding hydrogens is 290 g/mol. The molecule has 1 atom stereocenters. The minimum absolute atomic E-state index is 0.553. The normalized spacial score (nSPS) is 27.5. The van der Waals surface area contributed by atoms with Crippen LogP contribution in [0.15, 0.2) is 41.2 Å². The fraction of sp³-hybridized carbons (Fsp3) is 0.389.